The van der Waals surface area contributed by atoms with Crippen molar-refractivity contribution in [2.24, 2.45) is 11.3 Å². The molecule has 3 fully saturated rings. The summed E-state index contributed by atoms with van der Waals surface area (Å²) >= 11 is 0. The summed E-state index contributed by atoms with van der Waals surface area (Å²) in [4.78, 5) is 32.8. The number of nitrogens with zero attached hydrogens (tertiary/aromatic N) is 3. The van der Waals surface area contributed by atoms with Crippen molar-refractivity contribution in [2.45, 2.75) is 45.4 Å². The molecule has 2 aliphatic heterocycles. The lowest BCUT2D eigenvalue weighted by atomic mass is 9.73. The van der Waals surface area contributed by atoms with E-state index in [0.29, 0.717) is 24.1 Å². The van der Waals surface area contributed by atoms with Gasteiger partial charge in [0.25, 0.3) is 0 Å². The summed E-state index contributed by atoms with van der Waals surface area (Å²) in [7, 11) is 0. The fourth-order valence-electron chi connectivity index (χ4n) is 4.55. The molecule has 1 aromatic rings. The van der Waals surface area contributed by atoms with Gasteiger partial charge < -0.3 is 14.9 Å². The number of rotatable bonds is 4. The van der Waals surface area contributed by atoms with Crippen molar-refractivity contribution in [3.05, 3.63) is 23.4 Å². The average Bonchev–Trinajstić information content (AvgIpc) is 3.42. The minimum Gasteiger partial charge on any atom is -0.478 e. The van der Waals surface area contributed by atoms with Crippen LogP contribution in [0.15, 0.2) is 12.1 Å². The molecule has 6 nitrogen and oxygen atoms in total. The first kappa shape index (κ1) is 17.3. The number of aromatic carboxylic acids is 1. The lowest BCUT2D eigenvalue weighted by Crippen LogP contribution is -2.54. The number of pyridine rings is 1. The number of anilines is 1. The Morgan fingerprint density at radius 3 is 2.85 bits per heavy atom. The minimum absolute atomic E-state index is 0.0717. The van der Waals surface area contributed by atoms with Crippen LogP contribution in [0.25, 0.3) is 0 Å². The van der Waals surface area contributed by atoms with Crippen LogP contribution in [0.2, 0.25) is 0 Å². The monoisotopic (exact) mass is 357 g/mol. The molecule has 3 aliphatic rings. The third-order valence-corrected chi connectivity index (χ3v) is 6.13. The van der Waals surface area contributed by atoms with Crippen molar-refractivity contribution in [3.63, 3.8) is 0 Å². The average molecular weight is 357 g/mol. The molecule has 0 aromatic carbocycles. The van der Waals surface area contributed by atoms with Gasteiger partial charge in [0.1, 0.15) is 11.4 Å². The topological polar surface area (TPSA) is 73.7 Å². The van der Waals surface area contributed by atoms with Crippen molar-refractivity contribution >= 4 is 17.7 Å². The quantitative estimate of drug-likeness (QED) is 0.897. The number of carbonyl (C=O) groups is 2. The van der Waals surface area contributed by atoms with Gasteiger partial charge in [-0.25, -0.2) is 9.78 Å². The first-order valence-electron chi connectivity index (χ1n) is 9.69. The summed E-state index contributed by atoms with van der Waals surface area (Å²) in [6, 6.07) is 3.41. The molecule has 1 aliphatic carbocycles. The van der Waals surface area contributed by atoms with E-state index in [2.05, 4.69) is 14.8 Å². The summed E-state index contributed by atoms with van der Waals surface area (Å²) < 4.78 is 0. The van der Waals surface area contributed by atoms with Gasteiger partial charge in [0.15, 0.2) is 0 Å². The summed E-state index contributed by atoms with van der Waals surface area (Å²) in [6.45, 7) is 5.23. The zero-order valence-electron chi connectivity index (χ0n) is 15.4. The highest BCUT2D eigenvalue weighted by Gasteiger charge is 2.43. The maximum absolute atomic E-state index is 12.3. The lowest BCUT2D eigenvalue weighted by molar-refractivity contribution is -0.138. The predicted octanol–water partition coefficient (Wildman–Crippen LogP) is 2.71. The Hall–Kier alpha value is -2.11. The molecule has 3 heterocycles. The molecule has 0 bridgehead atoms. The van der Waals surface area contributed by atoms with Gasteiger partial charge in [0.05, 0.1) is 0 Å². The van der Waals surface area contributed by atoms with E-state index in [0.717, 1.165) is 51.1 Å². The molecule has 1 spiro atoms. The predicted molar refractivity (Wildman–Crippen MR) is 98.4 cm³/mol. The molecule has 1 unspecified atom stereocenters. The van der Waals surface area contributed by atoms with Crippen LogP contribution in [0.1, 0.15) is 54.6 Å². The molecule has 1 saturated carbocycles. The molecule has 2 saturated heterocycles. The fourth-order valence-corrected chi connectivity index (χ4v) is 4.55. The van der Waals surface area contributed by atoms with Gasteiger partial charge in [-0.2, -0.15) is 0 Å². The van der Waals surface area contributed by atoms with Crippen LogP contribution >= 0.6 is 0 Å². The van der Waals surface area contributed by atoms with E-state index in [1.165, 1.54) is 12.8 Å². The maximum atomic E-state index is 12.3. The first-order chi connectivity index (χ1) is 12.5. The Balaban J connectivity index is 1.56. The summed E-state index contributed by atoms with van der Waals surface area (Å²) in [5.41, 5.74) is 1.18. The number of hydrogen-bond donors (Lipinski definition) is 1. The van der Waals surface area contributed by atoms with E-state index in [9.17, 15) is 14.7 Å². The number of hydrogen-bond acceptors (Lipinski definition) is 4. The zero-order chi connectivity index (χ0) is 18.3. The van der Waals surface area contributed by atoms with Gasteiger partial charge in [-0.15, -0.1) is 0 Å². The molecule has 0 radical (unpaired) electrons. The molecular formula is C20H27N3O3. The molecule has 6 heteroatoms. The number of piperidine rings is 2. The summed E-state index contributed by atoms with van der Waals surface area (Å²) in [5.74, 6) is 0.647. The Morgan fingerprint density at radius 2 is 2.12 bits per heavy atom. The number of carbonyl (C=O) groups excluding carboxylic acids is 1. The normalized spacial score (nSPS) is 26.4. The third kappa shape index (κ3) is 3.41. The van der Waals surface area contributed by atoms with Crippen LogP contribution in [-0.2, 0) is 4.79 Å². The number of likely N-dealkylation sites (tertiary alicyclic amines) is 1. The van der Waals surface area contributed by atoms with Gasteiger partial charge in [0, 0.05) is 43.7 Å². The van der Waals surface area contributed by atoms with E-state index >= 15 is 0 Å². The Kier molecular flexibility index (Phi) is 4.37. The number of amides is 1. The second kappa shape index (κ2) is 6.56. The molecule has 4 rings (SSSR count). The van der Waals surface area contributed by atoms with Crippen molar-refractivity contribution in [1.29, 1.82) is 0 Å². The number of carboxylic acid groups (broad SMARTS) is 1. The van der Waals surface area contributed by atoms with E-state index in [1.54, 1.807) is 12.1 Å². The van der Waals surface area contributed by atoms with Crippen molar-refractivity contribution in [1.82, 2.24) is 9.88 Å². The van der Waals surface area contributed by atoms with E-state index in [4.69, 9.17) is 0 Å². The molecular weight excluding hydrogens is 330 g/mol. The van der Waals surface area contributed by atoms with E-state index in [1.807, 2.05) is 6.92 Å². The van der Waals surface area contributed by atoms with Crippen molar-refractivity contribution in [2.75, 3.05) is 31.1 Å². The molecule has 1 N–H and O–H groups in total. The first-order valence-corrected chi connectivity index (χ1v) is 9.69. The second-order valence-corrected chi connectivity index (χ2v) is 8.37. The highest BCUT2D eigenvalue weighted by Crippen LogP contribution is 2.41. The lowest BCUT2D eigenvalue weighted by Gasteiger charge is -2.48. The molecule has 1 amide bonds. The van der Waals surface area contributed by atoms with Crippen LogP contribution in [0.5, 0.6) is 0 Å². The van der Waals surface area contributed by atoms with Crippen LogP contribution in [0, 0.1) is 18.3 Å². The number of aryl methyl sites for hydroxylation is 1. The largest absolute Gasteiger partial charge is 0.478 e. The summed E-state index contributed by atoms with van der Waals surface area (Å²) in [5, 5.41) is 9.55. The highest BCUT2D eigenvalue weighted by molar-refractivity contribution is 5.93. The van der Waals surface area contributed by atoms with Crippen LogP contribution in [0.3, 0.4) is 0 Å². The van der Waals surface area contributed by atoms with Crippen molar-refractivity contribution < 1.29 is 14.7 Å². The molecule has 26 heavy (non-hydrogen) atoms. The van der Waals surface area contributed by atoms with Crippen LogP contribution < -0.4 is 4.90 Å². The molecule has 1 atom stereocenters. The Bertz CT molecular complexity index is 731. The minimum atomic E-state index is -0.929. The Labute approximate surface area is 154 Å². The van der Waals surface area contributed by atoms with Crippen molar-refractivity contribution in [3.8, 4) is 0 Å². The van der Waals surface area contributed by atoms with Gasteiger partial charge in [0.2, 0.25) is 5.91 Å². The standard InChI is InChI=1S/C20H27N3O3/c1-14-3-6-16(19(25)26)18(21-14)22-10-2-8-20(12-22)9-7-17(24)23(13-20)11-15-4-5-15/h3,6,15H,2,4-5,7-13H2,1H3,(H,25,26). The van der Waals surface area contributed by atoms with E-state index < -0.39 is 5.97 Å². The zero-order valence-corrected chi connectivity index (χ0v) is 15.4. The number of aromatic nitrogens is 1. The maximum Gasteiger partial charge on any atom is 0.339 e. The van der Waals surface area contributed by atoms with Crippen LogP contribution in [0.4, 0.5) is 5.82 Å². The molecule has 1 aromatic heterocycles. The van der Waals surface area contributed by atoms with E-state index in [-0.39, 0.29) is 11.0 Å². The van der Waals surface area contributed by atoms with Gasteiger partial charge in [-0.05, 0) is 57.1 Å². The summed E-state index contributed by atoms with van der Waals surface area (Å²) in [6.07, 6.45) is 6.13. The van der Waals surface area contributed by atoms with Gasteiger partial charge in [-0.3, -0.25) is 4.79 Å². The molecule has 140 valence electrons. The Morgan fingerprint density at radius 1 is 1.31 bits per heavy atom. The second-order valence-electron chi connectivity index (χ2n) is 8.37. The highest BCUT2D eigenvalue weighted by atomic mass is 16.4. The SMILES string of the molecule is Cc1ccc(C(=O)O)c(N2CCCC3(CCC(=O)N(CC4CC4)C3)C2)n1. The smallest absolute Gasteiger partial charge is 0.339 e. The number of carboxylic acids is 1. The van der Waals surface area contributed by atoms with Crippen LogP contribution in [-0.4, -0.2) is 53.0 Å². The van der Waals surface area contributed by atoms with Gasteiger partial charge in [-0.1, -0.05) is 0 Å². The fraction of sp³-hybridized carbons (Fsp3) is 0.650. The van der Waals surface area contributed by atoms with Gasteiger partial charge >= 0.3 is 5.97 Å². The third-order valence-electron chi connectivity index (χ3n) is 6.13.